The van der Waals surface area contributed by atoms with Crippen molar-refractivity contribution in [2.24, 2.45) is 11.7 Å². The normalized spacial score (nSPS) is 15.8. The minimum absolute atomic E-state index is 0.0714. The van der Waals surface area contributed by atoms with Crippen LogP contribution < -0.4 is 5.73 Å². The highest BCUT2D eigenvalue weighted by atomic mass is 35.5. The van der Waals surface area contributed by atoms with Crippen molar-refractivity contribution in [1.29, 1.82) is 0 Å². The first-order chi connectivity index (χ1) is 9.90. The Morgan fingerprint density at radius 1 is 1.33 bits per heavy atom. The molecule has 2 amide bonds. The van der Waals surface area contributed by atoms with Crippen LogP contribution in [0.2, 0.25) is 5.02 Å². The van der Waals surface area contributed by atoms with Gasteiger partial charge in [-0.05, 0) is 25.0 Å². The Kier molecular flexibility index (Phi) is 4.42. The largest absolute Gasteiger partial charge is 0.369 e. The molecule has 0 atom stereocenters. The van der Waals surface area contributed by atoms with Crippen LogP contribution in [0, 0.1) is 16.0 Å². The molecule has 1 aromatic carbocycles. The Labute approximate surface area is 125 Å². The second-order valence-electron chi connectivity index (χ2n) is 4.89. The van der Waals surface area contributed by atoms with Gasteiger partial charge in [-0.15, -0.1) is 0 Å². The van der Waals surface area contributed by atoms with E-state index in [1.165, 1.54) is 18.2 Å². The van der Waals surface area contributed by atoms with E-state index in [-0.39, 0.29) is 28.4 Å². The third-order valence-electron chi connectivity index (χ3n) is 3.58. The third-order valence-corrected chi connectivity index (χ3v) is 3.88. The van der Waals surface area contributed by atoms with Crippen molar-refractivity contribution in [3.05, 3.63) is 38.9 Å². The first-order valence-electron chi connectivity index (χ1n) is 6.42. The van der Waals surface area contributed by atoms with Gasteiger partial charge in [-0.3, -0.25) is 19.7 Å². The van der Waals surface area contributed by atoms with Gasteiger partial charge in [-0.1, -0.05) is 11.6 Å². The van der Waals surface area contributed by atoms with Gasteiger partial charge >= 0.3 is 0 Å². The van der Waals surface area contributed by atoms with Crippen LogP contribution >= 0.6 is 11.6 Å². The molecule has 1 fully saturated rings. The van der Waals surface area contributed by atoms with Gasteiger partial charge in [0.2, 0.25) is 5.91 Å². The summed E-state index contributed by atoms with van der Waals surface area (Å²) in [5.74, 6) is -0.801. The lowest BCUT2D eigenvalue weighted by Crippen LogP contribution is -2.41. The molecular weight excluding hydrogens is 298 g/mol. The third kappa shape index (κ3) is 3.30. The molecule has 0 aliphatic carbocycles. The fourth-order valence-electron chi connectivity index (χ4n) is 2.34. The average molecular weight is 312 g/mol. The topological polar surface area (TPSA) is 107 Å². The van der Waals surface area contributed by atoms with Crippen LogP contribution in [0.1, 0.15) is 23.2 Å². The molecule has 2 N–H and O–H groups in total. The minimum Gasteiger partial charge on any atom is -0.369 e. The quantitative estimate of drug-likeness (QED) is 0.675. The summed E-state index contributed by atoms with van der Waals surface area (Å²) in [6.07, 6.45) is 1.06. The molecule has 0 aromatic heterocycles. The van der Waals surface area contributed by atoms with Crippen molar-refractivity contribution in [3.63, 3.8) is 0 Å². The van der Waals surface area contributed by atoms with Crippen LogP contribution in [-0.4, -0.2) is 34.7 Å². The molecule has 1 aliphatic rings. The maximum Gasteiger partial charge on any atom is 0.287 e. The molecule has 1 aliphatic heterocycles. The van der Waals surface area contributed by atoms with Crippen LogP contribution in [0.5, 0.6) is 0 Å². The van der Waals surface area contributed by atoms with E-state index in [2.05, 4.69) is 0 Å². The Hall–Kier alpha value is -2.15. The molecule has 0 radical (unpaired) electrons. The lowest BCUT2D eigenvalue weighted by Gasteiger charge is -2.30. The van der Waals surface area contributed by atoms with Crippen molar-refractivity contribution in [3.8, 4) is 0 Å². The fraction of sp³-hybridized carbons (Fsp3) is 0.385. The van der Waals surface area contributed by atoms with Gasteiger partial charge in [-0.2, -0.15) is 0 Å². The number of nitrogens with two attached hydrogens (primary N) is 1. The van der Waals surface area contributed by atoms with Crippen molar-refractivity contribution in [1.82, 2.24) is 4.90 Å². The monoisotopic (exact) mass is 311 g/mol. The van der Waals surface area contributed by atoms with Crippen molar-refractivity contribution in [2.75, 3.05) is 13.1 Å². The number of rotatable bonds is 3. The molecule has 0 saturated carbocycles. The van der Waals surface area contributed by atoms with Crippen molar-refractivity contribution < 1.29 is 14.5 Å². The second-order valence-corrected chi connectivity index (χ2v) is 5.30. The number of amides is 2. The van der Waals surface area contributed by atoms with E-state index in [1.807, 2.05) is 0 Å². The molecule has 0 bridgehead atoms. The van der Waals surface area contributed by atoms with Crippen LogP contribution in [-0.2, 0) is 4.79 Å². The smallest absolute Gasteiger partial charge is 0.287 e. The SMILES string of the molecule is NC(=O)C1CCN(C(=O)c2ccc([N+](=O)[O-])c(Cl)c2)CC1. The number of hydrogen-bond donors (Lipinski definition) is 1. The Morgan fingerprint density at radius 3 is 2.43 bits per heavy atom. The maximum absolute atomic E-state index is 12.3. The van der Waals surface area contributed by atoms with Gasteiger partial charge in [-0.25, -0.2) is 0 Å². The number of halogens is 1. The summed E-state index contributed by atoms with van der Waals surface area (Å²) >= 11 is 5.80. The molecule has 1 heterocycles. The van der Waals surface area contributed by atoms with Crippen molar-refractivity contribution in [2.45, 2.75) is 12.8 Å². The van der Waals surface area contributed by atoms with E-state index >= 15 is 0 Å². The number of benzene rings is 1. The summed E-state index contributed by atoms with van der Waals surface area (Å²) in [4.78, 5) is 35.1. The molecule has 8 heteroatoms. The predicted octanol–water partition coefficient (Wildman–Crippen LogP) is 1.59. The Bertz CT molecular complexity index is 597. The van der Waals surface area contributed by atoms with Crippen LogP contribution in [0.15, 0.2) is 18.2 Å². The first kappa shape index (κ1) is 15.2. The van der Waals surface area contributed by atoms with E-state index in [4.69, 9.17) is 17.3 Å². The van der Waals surface area contributed by atoms with E-state index in [0.29, 0.717) is 31.5 Å². The molecule has 1 aromatic rings. The summed E-state index contributed by atoms with van der Waals surface area (Å²) in [5.41, 5.74) is 5.30. The Balaban J connectivity index is 2.09. The second kappa shape index (κ2) is 6.09. The standard InChI is InChI=1S/C13H14ClN3O4/c14-10-7-9(1-2-11(10)17(20)21)13(19)16-5-3-8(4-6-16)12(15)18/h1-2,7-8H,3-6H2,(H2,15,18). The van der Waals surface area contributed by atoms with Gasteiger partial charge in [0.05, 0.1) is 4.92 Å². The molecule has 2 rings (SSSR count). The average Bonchev–Trinajstić information content (AvgIpc) is 2.46. The predicted molar refractivity (Wildman–Crippen MR) is 75.9 cm³/mol. The zero-order chi connectivity index (χ0) is 15.6. The van der Waals surface area contributed by atoms with Gasteiger partial charge in [0, 0.05) is 30.6 Å². The fourth-order valence-corrected chi connectivity index (χ4v) is 2.59. The number of primary amides is 1. The summed E-state index contributed by atoms with van der Waals surface area (Å²) < 4.78 is 0. The summed E-state index contributed by atoms with van der Waals surface area (Å²) in [6.45, 7) is 0.863. The molecule has 0 spiro atoms. The van der Waals surface area contributed by atoms with E-state index < -0.39 is 4.92 Å². The zero-order valence-corrected chi connectivity index (χ0v) is 11.9. The van der Waals surface area contributed by atoms with Gasteiger partial charge < -0.3 is 10.6 Å². The maximum atomic E-state index is 12.3. The molecule has 0 unspecified atom stereocenters. The van der Waals surface area contributed by atoms with Crippen molar-refractivity contribution >= 4 is 29.1 Å². The highest BCUT2D eigenvalue weighted by Crippen LogP contribution is 2.26. The summed E-state index contributed by atoms with van der Waals surface area (Å²) in [7, 11) is 0. The van der Waals surface area contributed by atoms with Crippen LogP contribution in [0.4, 0.5) is 5.69 Å². The van der Waals surface area contributed by atoms with E-state index in [1.54, 1.807) is 4.90 Å². The zero-order valence-electron chi connectivity index (χ0n) is 11.1. The van der Waals surface area contributed by atoms with E-state index in [0.717, 1.165) is 0 Å². The number of carbonyl (C=O) groups excluding carboxylic acids is 2. The van der Waals surface area contributed by atoms with Crippen LogP contribution in [0.3, 0.4) is 0 Å². The molecule has 7 nitrogen and oxygen atoms in total. The summed E-state index contributed by atoms with van der Waals surface area (Å²) in [5, 5.41) is 10.6. The van der Waals surface area contributed by atoms with Gasteiger partial charge in [0.25, 0.3) is 11.6 Å². The highest BCUT2D eigenvalue weighted by molar-refractivity contribution is 6.33. The van der Waals surface area contributed by atoms with E-state index in [9.17, 15) is 19.7 Å². The number of piperidine rings is 1. The first-order valence-corrected chi connectivity index (χ1v) is 6.80. The number of hydrogen-bond acceptors (Lipinski definition) is 4. The molecule has 21 heavy (non-hydrogen) atoms. The van der Waals surface area contributed by atoms with Gasteiger partial charge in [0.15, 0.2) is 0 Å². The summed E-state index contributed by atoms with van der Waals surface area (Å²) in [6, 6.07) is 3.89. The molecular formula is C13H14ClN3O4. The number of nitro groups is 1. The number of nitro benzene ring substituents is 1. The highest BCUT2D eigenvalue weighted by Gasteiger charge is 2.27. The molecule has 112 valence electrons. The number of likely N-dealkylation sites (tertiary alicyclic amines) is 1. The lowest BCUT2D eigenvalue weighted by molar-refractivity contribution is -0.384. The lowest BCUT2D eigenvalue weighted by atomic mass is 9.96. The number of carbonyl (C=O) groups is 2. The number of nitrogens with zero attached hydrogens (tertiary/aromatic N) is 2. The molecule has 1 saturated heterocycles. The Morgan fingerprint density at radius 2 is 1.95 bits per heavy atom. The van der Waals surface area contributed by atoms with Crippen LogP contribution in [0.25, 0.3) is 0 Å². The minimum atomic E-state index is -0.602. The van der Waals surface area contributed by atoms with Gasteiger partial charge in [0.1, 0.15) is 5.02 Å².